The number of halogens is 2. The van der Waals surface area contributed by atoms with Gasteiger partial charge in [-0.1, -0.05) is 11.6 Å². The van der Waals surface area contributed by atoms with E-state index in [1.165, 1.54) is 0 Å². The molecule has 2 N–H and O–H groups in total. The number of benzene rings is 1. The van der Waals surface area contributed by atoms with Gasteiger partial charge in [-0.05, 0) is 15.9 Å². The van der Waals surface area contributed by atoms with Gasteiger partial charge in [-0.2, -0.15) is 0 Å². The molecule has 0 aromatic heterocycles. The molecule has 5 heteroatoms. The quantitative estimate of drug-likeness (QED) is 0.555. The van der Waals surface area contributed by atoms with E-state index in [1.54, 1.807) is 6.07 Å². The summed E-state index contributed by atoms with van der Waals surface area (Å²) in [6.45, 7) is 0. The highest BCUT2D eigenvalue weighted by Crippen LogP contribution is 2.47. The van der Waals surface area contributed by atoms with Gasteiger partial charge in [-0.15, -0.1) is 0 Å². The Labute approximate surface area is 76.1 Å². The molecule has 0 aliphatic carbocycles. The maximum absolute atomic E-state index is 5.77. The van der Waals surface area contributed by atoms with Crippen molar-refractivity contribution in [1.82, 2.24) is 0 Å². The number of rotatable bonds is 0. The van der Waals surface area contributed by atoms with Crippen LogP contribution in [-0.2, 0) is 0 Å². The minimum Gasteiger partial charge on any atom is -0.397 e. The van der Waals surface area contributed by atoms with Crippen LogP contribution in [0.15, 0.2) is 10.5 Å². The molecule has 1 heterocycles. The van der Waals surface area contributed by atoms with Gasteiger partial charge in [0.1, 0.15) is 9.50 Å². The molecule has 1 aliphatic heterocycles. The summed E-state index contributed by atoms with van der Waals surface area (Å²) in [4.78, 5) is 9.53. The van der Waals surface area contributed by atoms with E-state index in [0.717, 1.165) is 0 Å². The van der Waals surface area contributed by atoms with Gasteiger partial charge in [0.25, 0.3) is 0 Å². The summed E-state index contributed by atoms with van der Waals surface area (Å²) in [6, 6.07) is 1.60. The average molecular weight is 236 g/mol. The molecule has 0 spiro atoms. The van der Waals surface area contributed by atoms with Crippen LogP contribution >= 0.6 is 27.5 Å². The largest absolute Gasteiger partial charge is 0.397 e. The fourth-order valence-electron chi connectivity index (χ4n) is 0.828. The summed E-state index contributed by atoms with van der Waals surface area (Å²) in [5.41, 5.74) is 5.97. The molecule has 1 aromatic carbocycles. The molecule has 2 rings (SSSR count). The smallest absolute Gasteiger partial charge is 0.217 e. The molecule has 1 aliphatic rings. The van der Waals surface area contributed by atoms with E-state index in [2.05, 4.69) is 15.9 Å². The van der Waals surface area contributed by atoms with Crippen molar-refractivity contribution < 1.29 is 9.78 Å². The van der Waals surface area contributed by atoms with Crippen molar-refractivity contribution in [1.29, 1.82) is 0 Å². The Bertz CT molecular complexity index is 329. The van der Waals surface area contributed by atoms with E-state index in [1.807, 2.05) is 0 Å². The predicted molar refractivity (Wildman–Crippen MR) is 44.8 cm³/mol. The normalized spacial score (nSPS) is 12.5. The van der Waals surface area contributed by atoms with Gasteiger partial charge in [-0.25, -0.2) is 0 Å². The molecule has 0 atom stereocenters. The van der Waals surface area contributed by atoms with E-state index in [9.17, 15) is 0 Å². The summed E-state index contributed by atoms with van der Waals surface area (Å²) in [7, 11) is 0. The second-order valence-electron chi connectivity index (χ2n) is 2.09. The fourth-order valence-corrected chi connectivity index (χ4v) is 1.57. The van der Waals surface area contributed by atoms with Gasteiger partial charge >= 0.3 is 0 Å². The third-order valence-corrected chi connectivity index (χ3v) is 2.51. The van der Waals surface area contributed by atoms with Crippen LogP contribution in [0.25, 0.3) is 0 Å². The van der Waals surface area contributed by atoms with E-state index in [-0.39, 0.29) is 0 Å². The van der Waals surface area contributed by atoms with E-state index >= 15 is 0 Å². The average Bonchev–Trinajstić information content (AvgIpc) is 2.23. The summed E-state index contributed by atoms with van der Waals surface area (Å²) >= 11 is 9.01. The number of nitrogens with two attached hydrogens (primary N) is 1. The lowest BCUT2D eigenvalue weighted by molar-refractivity contribution is -0.0846. The Kier molecular flexibility index (Phi) is 1.40. The minimum absolute atomic E-state index is 0.373. The zero-order valence-electron chi connectivity index (χ0n) is 5.23. The van der Waals surface area contributed by atoms with Gasteiger partial charge in [0.05, 0.1) is 5.69 Å². The van der Waals surface area contributed by atoms with Crippen LogP contribution in [0.4, 0.5) is 5.69 Å². The van der Waals surface area contributed by atoms with E-state index < -0.39 is 0 Å². The highest BCUT2D eigenvalue weighted by atomic mass is 79.9. The SMILES string of the molecule is Nc1cc2c(Br)c(c1Cl)OO2. The summed E-state index contributed by atoms with van der Waals surface area (Å²) < 4.78 is 0.705. The zero-order valence-corrected chi connectivity index (χ0v) is 7.57. The standard InChI is InChI=1S/C6H3BrClNO2/c7-4-3-1-2(9)5(8)6(4)11-10-3/h1H,9H2. The first kappa shape index (κ1) is 7.06. The molecule has 0 radical (unpaired) electrons. The van der Waals surface area contributed by atoms with Crippen molar-refractivity contribution in [3.05, 3.63) is 15.6 Å². The van der Waals surface area contributed by atoms with Crippen LogP contribution in [0.5, 0.6) is 11.5 Å². The van der Waals surface area contributed by atoms with Gasteiger partial charge in [-0.3, -0.25) is 9.78 Å². The van der Waals surface area contributed by atoms with Crippen LogP contribution in [0.3, 0.4) is 0 Å². The summed E-state index contributed by atoms with van der Waals surface area (Å²) in [6.07, 6.45) is 0. The summed E-state index contributed by atoms with van der Waals surface area (Å²) in [5.74, 6) is 1.00. The predicted octanol–water partition coefficient (Wildman–Crippen LogP) is 2.37. The lowest BCUT2D eigenvalue weighted by atomic mass is 10.3. The lowest BCUT2D eigenvalue weighted by Crippen LogP contribution is -1.90. The van der Waals surface area contributed by atoms with Gasteiger partial charge in [0, 0.05) is 6.07 Å². The first-order chi connectivity index (χ1) is 5.20. The third-order valence-electron chi connectivity index (χ3n) is 1.37. The van der Waals surface area contributed by atoms with Crippen molar-refractivity contribution in [2.24, 2.45) is 0 Å². The van der Waals surface area contributed by atoms with Crippen LogP contribution in [-0.4, -0.2) is 0 Å². The monoisotopic (exact) mass is 235 g/mol. The first-order valence-corrected chi connectivity index (χ1v) is 3.99. The Morgan fingerprint density at radius 2 is 2.18 bits per heavy atom. The minimum atomic E-state index is 0.373. The van der Waals surface area contributed by atoms with Crippen molar-refractivity contribution in [2.75, 3.05) is 5.73 Å². The highest BCUT2D eigenvalue weighted by Gasteiger charge is 2.24. The number of hydrogen-bond acceptors (Lipinski definition) is 3. The molecular weight excluding hydrogens is 233 g/mol. The van der Waals surface area contributed by atoms with Gasteiger partial charge < -0.3 is 5.73 Å². The van der Waals surface area contributed by atoms with E-state index in [4.69, 9.17) is 27.1 Å². The molecule has 2 bridgehead atoms. The lowest BCUT2D eigenvalue weighted by Gasteiger charge is -1.95. The molecule has 0 amide bonds. The molecule has 58 valence electrons. The third kappa shape index (κ3) is 0.862. The highest BCUT2D eigenvalue weighted by molar-refractivity contribution is 9.10. The van der Waals surface area contributed by atoms with Crippen LogP contribution in [0, 0.1) is 0 Å². The Hall–Kier alpha value is -0.610. The van der Waals surface area contributed by atoms with Crippen LogP contribution in [0.1, 0.15) is 0 Å². The number of anilines is 1. The molecule has 0 saturated carbocycles. The number of nitrogen functional groups attached to an aromatic ring is 1. The molecule has 0 saturated heterocycles. The molecular formula is C6H3BrClNO2. The van der Waals surface area contributed by atoms with Crippen molar-refractivity contribution in [2.45, 2.75) is 0 Å². The fraction of sp³-hybridized carbons (Fsp3) is 0. The molecule has 0 unspecified atom stereocenters. The van der Waals surface area contributed by atoms with Gasteiger partial charge in [0.2, 0.25) is 5.75 Å². The van der Waals surface area contributed by atoms with Crippen molar-refractivity contribution >= 4 is 33.2 Å². The molecule has 3 nitrogen and oxygen atoms in total. The number of fused-ring (bicyclic) bond motifs is 2. The van der Waals surface area contributed by atoms with E-state index in [0.29, 0.717) is 26.7 Å². The summed E-state index contributed by atoms with van der Waals surface area (Å²) in [5, 5.41) is 0.373. The van der Waals surface area contributed by atoms with Gasteiger partial charge in [0.15, 0.2) is 5.75 Å². The molecule has 1 aromatic rings. The number of hydrogen-bond donors (Lipinski definition) is 1. The molecule has 0 fully saturated rings. The topological polar surface area (TPSA) is 44.5 Å². The first-order valence-electron chi connectivity index (χ1n) is 2.82. The molecule has 11 heavy (non-hydrogen) atoms. The van der Waals surface area contributed by atoms with Crippen molar-refractivity contribution in [3.63, 3.8) is 0 Å². The Morgan fingerprint density at radius 1 is 1.45 bits per heavy atom. The second-order valence-corrected chi connectivity index (χ2v) is 3.26. The van der Waals surface area contributed by atoms with Crippen LogP contribution < -0.4 is 15.5 Å². The second kappa shape index (κ2) is 2.19. The van der Waals surface area contributed by atoms with Crippen LogP contribution in [0.2, 0.25) is 5.02 Å². The van der Waals surface area contributed by atoms with Crippen molar-refractivity contribution in [3.8, 4) is 11.5 Å². The maximum atomic E-state index is 5.77. The maximum Gasteiger partial charge on any atom is 0.217 e. The zero-order chi connectivity index (χ0) is 8.01. The Morgan fingerprint density at radius 3 is 2.91 bits per heavy atom. The Balaban J connectivity index is 2.76.